The fraction of sp³-hybridized carbons (Fsp3) is 0.263. The van der Waals surface area contributed by atoms with Gasteiger partial charge in [0.1, 0.15) is 11.1 Å². The van der Waals surface area contributed by atoms with Crippen LogP contribution in [0.3, 0.4) is 0 Å². The second kappa shape index (κ2) is 7.45. The smallest absolute Gasteiger partial charge is 0.343 e. The van der Waals surface area contributed by atoms with Gasteiger partial charge in [0.05, 0.1) is 19.9 Å². The summed E-state index contributed by atoms with van der Waals surface area (Å²) in [5.74, 6) is -0.731. The van der Waals surface area contributed by atoms with Gasteiger partial charge in [-0.2, -0.15) is 9.61 Å². The van der Waals surface area contributed by atoms with Crippen LogP contribution in [0.2, 0.25) is 0 Å². The van der Waals surface area contributed by atoms with Gasteiger partial charge < -0.3 is 14.8 Å². The van der Waals surface area contributed by atoms with Gasteiger partial charge in [-0.05, 0) is 38.0 Å². The predicted molar refractivity (Wildman–Crippen MR) is 99.5 cm³/mol. The van der Waals surface area contributed by atoms with Crippen LogP contribution in [-0.2, 0) is 9.47 Å². The van der Waals surface area contributed by atoms with Crippen LogP contribution in [0, 0.1) is 13.8 Å². The first-order chi connectivity index (χ1) is 13.0. The van der Waals surface area contributed by atoms with Crippen molar-refractivity contribution in [2.45, 2.75) is 20.8 Å². The Kier molecular flexibility index (Phi) is 5.07. The van der Waals surface area contributed by atoms with Gasteiger partial charge in [0.2, 0.25) is 0 Å². The first kappa shape index (κ1) is 18.4. The van der Waals surface area contributed by atoms with Crippen LogP contribution in [-0.4, -0.2) is 40.3 Å². The molecule has 0 unspecified atom stereocenters. The SMILES string of the molecule is CCOC(=O)c1cnn2c(Nc3cc(C)ccc3C)c(C(=O)OC)cnc12. The summed E-state index contributed by atoms with van der Waals surface area (Å²) in [4.78, 5) is 28.6. The lowest BCUT2D eigenvalue weighted by Gasteiger charge is -2.14. The first-order valence-electron chi connectivity index (χ1n) is 8.42. The first-order valence-corrected chi connectivity index (χ1v) is 8.42. The number of nitrogens with zero attached hydrogens (tertiary/aromatic N) is 3. The average molecular weight is 368 g/mol. The molecule has 140 valence electrons. The monoisotopic (exact) mass is 368 g/mol. The third kappa shape index (κ3) is 3.46. The van der Waals surface area contributed by atoms with Crippen LogP contribution >= 0.6 is 0 Å². The number of anilines is 2. The zero-order chi connectivity index (χ0) is 19.6. The number of carbonyl (C=O) groups is 2. The number of ether oxygens (including phenoxy) is 2. The zero-order valence-corrected chi connectivity index (χ0v) is 15.6. The van der Waals surface area contributed by atoms with E-state index in [2.05, 4.69) is 15.4 Å². The van der Waals surface area contributed by atoms with E-state index >= 15 is 0 Å². The Hall–Kier alpha value is -3.42. The van der Waals surface area contributed by atoms with E-state index < -0.39 is 11.9 Å². The van der Waals surface area contributed by atoms with Crippen LogP contribution in [0.5, 0.6) is 0 Å². The van der Waals surface area contributed by atoms with Crippen molar-refractivity contribution in [1.29, 1.82) is 0 Å². The van der Waals surface area contributed by atoms with E-state index in [0.29, 0.717) is 5.82 Å². The van der Waals surface area contributed by atoms with Gasteiger partial charge in [-0.3, -0.25) is 0 Å². The quantitative estimate of drug-likeness (QED) is 0.692. The Morgan fingerprint density at radius 1 is 1.15 bits per heavy atom. The lowest BCUT2D eigenvalue weighted by Crippen LogP contribution is -2.13. The van der Waals surface area contributed by atoms with Crippen molar-refractivity contribution < 1.29 is 19.1 Å². The maximum Gasteiger partial charge on any atom is 0.343 e. The molecule has 3 rings (SSSR count). The fourth-order valence-electron chi connectivity index (χ4n) is 2.66. The van der Waals surface area contributed by atoms with Gasteiger partial charge in [-0.1, -0.05) is 12.1 Å². The molecule has 0 bridgehead atoms. The Balaban J connectivity index is 2.19. The van der Waals surface area contributed by atoms with Crippen LogP contribution in [0.4, 0.5) is 11.5 Å². The lowest BCUT2D eigenvalue weighted by atomic mass is 10.1. The highest BCUT2D eigenvalue weighted by Gasteiger charge is 2.22. The zero-order valence-electron chi connectivity index (χ0n) is 15.6. The highest BCUT2D eigenvalue weighted by atomic mass is 16.5. The van der Waals surface area contributed by atoms with E-state index in [1.165, 1.54) is 24.0 Å². The van der Waals surface area contributed by atoms with E-state index in [0.717, 1.165) is 16.8 Å². The summed E-state index contributed by atoms with van der Waals surface area (Å²) in [6, 6.07) is 5.93. The van der Waals surface area contributed by atoms with E-state index in [-0.39, 0.29) is 23.4 Å². The second-order valence-corrected chi connectivity index (χ2v) is 5.97. The number of aromatic nitrogens is 3. The standard InChI is InChI=1S/C19H20N4O4/c1-5-27-19(25)14-10-21-23-16(14)20-9-13(18(24)26-4)17(23)22-15-8-11(2)6-7-12(15)3/h6-10,22H,5H2,1-4H3. The van der Waals surface area contributed by atoms with Crippen molar-refractivity contribution in [3.63, 3.8) is 0 Å². The Morgan fingerprint density at radius 2 is 1.93 bits per heavy atom. The van der Waals surface area contributed by atoms with Gasteiger partial charge in [-0.25, -0.2) is 14.6 Å². The minimum absolute atomic E-state index is 0.199. The topological polar surface area (TPSA) is 94.8 Å². The fourth-order valence-corrected chi connectivity index (χ4v) is 2.66. The number of nitrogens with one attached hydrogen (secondary N) is 1. The highest BCUT2D eigenvalue weighted by molar-refractivity contribution is 5.99. The molecule has 1 aromatic carbocycles. The van der Waals surface area contributed by atoms with Crippen LogP contribution in [0.15, 0.2) is 30.6 Å². The molecule has 0 saturated heterocycles. The summed E-state index contributed by atoms with van der Waals surface area (Å²) in [5.41, 5.74) is 3.55. The molecule has 2 aromatic heterocycles. The lowest BCUT2D eigenvalue weighted by molar-refractivity contribution is 0.0527. The Labute approximate surface area is 156 Å². The number of aryl methyl sites for hydroxylation is 2. The number of fused-ring (bicyclic) bond motifs is 1. The van der Waals surface area contributed by atoms with E-state index in [4.69, 9.17) is 9.47 Å². The molecule has 0 radical (unpaired) electrons. The van der Waals surface area contributed by atoms with Crippen molar-refractivity contribution >= 4 is 29.1 Å². The third-order valence-electron chi connectivity index (χ3n) is 4.07. The van der Waals surface area contributed by atoms with Gasteiger partial charge in [0.15, 0.2) is 11.5 Å². The maximum absolute atomic E-state index is 12.2. The van der Waals surface area contributed by atoms with Crippen molar-refractivity contribution in [2.24, 2.45) is 0 Å². The van der Waals surface area contributed by atoms with Crippen LogP contribution in [0.25, 0.3) is 5.65 Å². The second-order valence-electron chi connectivity index (χ2n) is 5.97. The van der Waals surface area contributed by atoms with Crippen molar-refractivity contribution in [1.82, 2.24) is 14.6 Å². The van der Waals surface area contributed by atoms with Crippen molar-refractivity contribution in [3.8, 4) is 0 Å². The van der Waals surface area contributed by atoms with Crippen LogP contribution in [0.1, 0.15) is 38.8 Å². The number of methoxy groups -OCH3 is 1. The van der Waals surface area contributed by atoms with Crippen LogP contribution < -0.4 is 5.32 Å². The number of rotatable bonds is 5. The summed E-state index contributed by atoms with van der Waals surface area (Å²) in [5, 5.41) is 7.46. The molecule has 0 aliphatic heterocycles. The summed E-state index contributed by atoms with van der Waals surface area (Å²) in [6.45, 7) is 5.88. The third-order valence-corrected chi connectivity index (χ3v) is 4.07. The molecular weight excluding hydrogens is 348 g/mol. The van der Waals surface area contributed by atoms with Gasteiger partial charge in [-0.15, -0.1) is 0 Å². The molecule has 0 atom stereocenters. The molecule has 27 heavy (non-hydrogen) atoms. The largest absolute Gasteiger partial charge is 0.465 e. The summed E-state index contributed by atoms with van der Waals surface area (Å²) < 4.78 is 11.3. The van der Waals surface area contributed by atoms with Crippen molar-refractivity contribution in [2.75, 3.05) is 19.0 Å². The molecule has 8 nitrogen and oxygen atoms in total. The minimum atomic E-state index is -0.564. The van der Waals surface area contributed by atoms with E-state index in [9.17, 15) is 9.59 Å². The van der Waals surface area contributed by atoms with Gasteiger partial charge in [0.25, 0.3) is 0 Å². The molecule has 0 aliphatic rings. The van der Waals surface area contributed by atoms with Gasteiger partial charge in [0, 0.05) is 11.9 Å². The molecule has 0 aliphatic carbocycles. The summed E-state index contributed by atoms with van der Waals surface area (Å²) in [7, 11) is 1.29. The molecule has 0 saturated carbocycles. The summed E-state index contributed by atoms with van der Waals surface area (Å²) in [6.07, 6.45) is 2.73. The summed E-state index contributed by atoms with van der Waals surface area (Å²) >= 11 is 0. The molecular formula is C19H20N4O4. The molecule has 0 amide bonds. The average Bonchev–Trinajstić information content (AvgIpc) is 3.09. The van der Waals surface area contributed by atoms with Crippen molar-refractivity contribution in [3.05, 3.63) is 52.8 Å². The van der Waals surface area contributed by atoms with E-state index in [1.807, 2.05) is 32.0 Å². The number of esters is 2. The van der Waals surface area contributed by atoms with Gasteiger partial charge >= 0.3 is 11.9 Å². The Bertz CT molecular complexity index is 1030. The molecule has 2 heterocycles. The molecule has 0 spiro atoms. The molecule has 3 aromatic rings. The minimum Gasteiger partial charge on any atom is -0.465 e. The maximum atomic E-state index is 12.2. The number of hydrogen-bond donors (Lipinski definition) is 1. The Morgan fingerprint density at radius 3 is 2.63 bits per heavy atom. The number of carbonyl (C=O) groups excluding carboxylic acids is 2. The number of benzene rings is 1. The predicted octanol–water partition coefficient (Wildman–Crippen LogP) is 3.05. The molecule has 1 N–H and O–H groups in total. The normalized spacial score (nSPS) is 10.7. The molecule has 8 heteroatoms. The van der Waals surface area contributed by atoms with E-state index in [1.54, 1.807) is 6.92 Å². The molecule has 0 fully saturated rings. The number of hydrogen-bond acceptors (Lipinski definition) is 7. The highest BCUT2D eigenvalue weighted by Crippen LogP contribution is 2.26.